The van der Waals surface area contributed by atoms with E-state index in [2.05, 4.69) is 0 Å². The van der Waals surface area contributed by atoms with Crippen molar-refractivity contribution in [2.24, 2.45) is 0 Å². The molecule has 118 valence electrons. The topological polar surface area (TPSA) is 86.7 Å². The quantitative estimate of drug-likeness (QED) is 0.774. The molecule has 0 radical (unpaired) electrons. The number of hydrogen-bond acceptors (Lipinski definition) is 3. The average Bonchev–Trinajstić information content (AvgIpc) is 2.37. The van der Waals surface area contributed by atoms with E-state index in [1.807, 2.05) is 5.32 Å². The van der Waals surface area contributed by atoms with Gasteiger partial charge in [-0.2, -0.15) is 13.2 Å². The van der Waals surface area contributed by atoms with Crippen LogP contribution < -0.4 is 5.32 Å². The summed E-state index contributed by atoms with van der Waals surface area (Å²) >= 11 is 0. The molecular formula is C12H15F3N2O4. The van der Waals surface area contributed by atoms with Crippen LogP contribution in [0.25, 0.3) is 0 Å². The zero-order valence-electron chi connectivity index (χ0n) is 11.1. The maximum absolute atomic E-state index is 12.4. The number of aliphatic carboxylic acids is 1. The van der Waals surface area contributed by atoms with E-state index in [4.69, 9.17) is 5.11 Å². The zero-order chi connectivity index (χ0) is 16.0. The Labute approximate surface area is 118 Å². The Morgan fingerprint density at radius 3 is 2.43 bits per heavy atom. The number of carboxylic acid groups (broad SMARTS) is 1. The number of amides is 3. The Bertz CT molecular complexity index is 460. The summed E-state index contributed by atoms with van der Waals surface area (Å²) in [7, 11) is 0. The van der Waals surface area contributed by atoms with Gasteiger partial charge in [-0.1, -0.05) is 6.08 Å². The Morgan fingerprint density at radius 1 is 1.29 bits per heavy atom. The second kappa shape index (κ2) is 7.09. The van der Waals surface area contributed by atoms with Crippen LogP contribution in [0, 0.1) is 0 Å². The van der Waals surface area contributed by atoms with Gasteiger partial charge in [-0.3, -0.25) is 14.9 Å². The molecule has 0 aromatic rings. The van der Waals surface area contributed by atoms with Crippen LogP contribution in [0.4, 0.5) is 18.0 Å². The summed E-state index contributed by atoms with van der Waals surface area (Å²) in [5, 5.41) is 10.4. The molecule has 0 saturated heterocycles. The van der Waals surface area contributed by atoms with Crippen molar-refractivity contribution in [2.45, 2.75) is 31.9 Å². The van der Waals surface area contributed by atoms with Crippen molar-refractivity contribution in [3.05, 3.63) is 11.6 Å². The standard InChI is InChI=1S/C12H15F3N2O4/c13-12(14,15)8-4-6-17(7-5-8)11(21)16-9(18)2-1-3-10(19)20/h4H,1-3,5-7H2,(H,19,20)(H,16,18,21). The summed E-state index contributed by atoms with van der Waals surface area (Å²) in [6.45, 7) is -0.345. The second-order valence-electron chi connectivity index (χ2n) is 4.52. The van der Waals surface area contributed by atoms with Crippen LogP contribution in [0.1, 0.15) is 25.7 Å². The molecule has 21 heavy (non-hydrogen) atoms. The van der Waals surface area contributed by atoms with Gasteiger partial charge in [-0.15, -0.1) is 0 Å². The first-order valence-corrected chi connectivity index (χ1v) is 6.27. The minimum Gasteiger partial charge on any atom is -0.481 e. The summed E-state index contributed by atoms with van der Waals surface area (Å²) in [6.07, 6.45) is -4.03. The Balaban J connectivity index is 2.39. The number of nitrogens with one attached hydrogen (secondary N) is 1. The van der Waals surface area contributed by atoms with Gasteiger partial charge >= 0.3 is 18.2 Å². The number of rotatable bonds is 4. The number of urea groups is 1. The molecule has 0 spiro atoms. The number of imide groups is 1. The highest BCUT2D eigenvalue weighted by Gasteiger charge is 2.35. The van der Waals surface area contributed by atoms with Crippen LogP contribution in [0.5, 0.6) is 0 Å². The van der Waals surface area contributed by atoms with E-state index in [0.717, 1.165) is 11.0 Å². The number of nitrogens with zero attached hydrogens (tertiary/aromatic N) is 1. The third-order valence-corrected chi connectivity index (χ3v) is 2.90. The van der Waals surface area contributed by atoms with Gasteiger partial charge in [0.1, 0.15) is 0 Å². The SMILES string of the molecule is O=C(O)CCCC(=O)NC(=O)N1CC=C(C(F)(F)F)CC1. The van der Waals surface area contributed by atoms with Gasteiger partial charge in [0.25, 0.3) is 0 Å². The first kappa shape index (κ1) is 17.0. The van der Waals surface area contributed by atoms with E-state index in [9.17, 15) is 27.6 Å². The summed E-state index contributed by atoms with van der Waals surface area (Å²) in [5.41, 5.74) is -0.681. The molecule has 0 aromatic carbocycles. The maximum Gasteiger partial charge on any atom is 0.412 e. The highest BCUT2D eigenvalue weighted by atomic mass is 19.4. The fourth-order valence-electron chi connectivity index (χ4n) is 1.77. The minimum absolute atomic E-state index is 0.0899. The smallest absolute Gasteiger partial charge is 0.412 e. The molecule has 0 atom stereocenters. The maximum atomic E-state index is 12.4. The van der Waals surface area contributed by atoms with E-state index in [0.29, 0.717) is 0 Å². The molecule has 1 aliphatic heterocycles. The van der Waals surface area contributed by atoms with Gasteiger partial charge in [0, 0.05) is 31.5 Å². The molecule has 0 aromatic heterocycles. The summed E-state index contributed by atoms with van der Waals surface area (Å²) in [6, 6.07) is -0.771. The van der Waals surface area contributed by atoms with Crippen LogP contribution >= 0.6 is 0 Å². The third-order valence-electron chi connectivity index (χ3n) is 2.90. The molecule has 0 saturated carbocycles. The molecule has 1 heterocycles. The Hall–Kier alpha value is -2.06. The fraction of sp³-hybridized carbons (Fsp3) is 0.583. The highest BCUT2D eigenvalue weighted by molar-refractivity contribution is 5.94. The fourth-order valence-corrected chi connectivity index (χ4v) is 1.77. The molecule has 0 unspecified atom stereocenters. The van der Waals surface area contributed by atoms with Gasteiger partial charge in [0.05, 0.1) is 0 Å². The lowest BCUT2D eigenvalue weighted by Gasteiger charge is -2.27. The number of carbonyl (C=O) groups excluding carboxylic acids is 2. The highest BCUT2D eigenvalue weighted by Crippen LogP contribution is 2.30. The van der Waals surface area contributed by atoms with E-state index >= 15 is 0 Å². The number of carboxylic acids is 1. The molecule has 0 fully saturated rings. The van der Waals surface area contributed by atoms with Gasteiger partial charge in [-0.25, -0.2) is 4.79 Å². The molecule has 9 heteroatoms. The van der Waals surface area contributed by atoms with E-state index in [1.165, 1.54) is 0 Å². The predicted molar refractivity (Wildman–Crippen MR) is 65.4 cm³/mol. The van der Waals surface area contributed by atoms with Crippen molar-refractivity contribution in [3.63, 3.8) is 0 Å². The van der Waals surface area contributed by atoms with E-state index in [-0.39, 0.29) is 38.8 Å². The van der Waals surface area contributed by atoms with Crippen LogP contribution in [-0.4, -0.2) is 47.2 Å². The lowest BCUT2D eigenvalue weighted by Crippen LogP contribution is -2.45. The van der Waals surface area contributed by atoms with Gasteiger partial charge in [0.2, 0.25) is 5.91 Å². The molecule has 2 N–H and O–H groups in total. The summed E-state index contributed by atoms with van der Waals surface area (Å²) < 4.78 is 37.2. The van der Waals surface area contributed by atoms with E-state index in [1.54, 1.807) is 0 Å². The first-order valence-electron chi connectivity index (χ1n) is 6.27. The molecule has 1 rings (SSSR count). The van der Waals surface area contributed by atoms with E-state index < -0.39 is 29.7 Å². The van der Waals surface area contributed by atoms with Crippen molar-refractivity contribution < 1.29 is 32.7 Å². The van der Waals surface area contributed by atoms with Crippen molar-refractivity contribution in [2.75, 3.05) is 13.1 Å². The normalized spacial score (nSPS) is 15.4. The largest absolute Gasteiger partial charge is 0.481 e. The van der Waals surface area contributed by atoms with Crippen LogP contribution in [0.3, 0.4) is 0 Å². The van der Waals surface area contributed by atoms with Crippen LogP contribution in [0.15, 0.2) is 11.6 Å². The van der Waals surface area contributed by atoms with Crippen molar-refractivity contribution in [3.8, 4) is 0 Å². The zero-order valence-corrected chi connectivity index (χ0v) is 11.1. The lowest BCUT2D eigenvalue weighted by atomic mass is 10.1. The molecule has 0 aliphatic carbocycles. The summed E-state index contributed by atoms with van der Waals surface area (Å²) in [5.74, 6) is -1.69. The molecular weight excluding hydrogens is 293 g/mol. The Kier molecular flexibility index (Phi) is 5.74. The van der Waals surface area contributed by atoms with Crippen LogP contribution in [0.2, 0.25) is 0 Å². The molecule has 3 amide bonds. The average molecular weight is 308 g/mol. The van der Waals surface area contributed by atoms with Gasteiger partial charge < -0.3 is 10.0 Å². The summed E-state index contributed by atoms with van der Waals surface area (Å²) in [4.78, 5) is 34.3. The van der Waals surface area contributed by atoms with Gasteiger partial charge in [0.15, 0.2) is 0 Å². The number of alkyl halides is 3. The second-order valence-corrected chi connectivity index (χ2v) is 4.52. The minimum atomic E-state index is -4.39. The molecule has 1 aliphatic rings. The first-order chi connectivity index (χ1) is 9.70. The Morgan fingerprint density at radius 2 is 1.95 bits per heavy atom. The van der Waals surface area contributed by atoms with Crippen molar-refractivity contribution >= 4 is 17.9 Å². The van der Waals surface area contributed by atoms with Crippen LogP contribution in [-0.2, 0) is 9.59 Å². The lowest BCUT2D eigenvalue weighted by molar-refractivity contribution is -0.137. The number of hydrogen-bond donors (Lipinski definition) is 2. The molecule has 6 nitrogen and oxygen atoms in total. The number of carbonyl (C=O) groups is 3. The molecule has 0 bridgehead atoms. The van der Waals surface area contributed by atoms with Crippen molar-refractivity contribution in [1.82, 2.24) is 10.2 Å². The predicted octanol–water partition coefficient (Wildman–Crippen LogP) is 1.67. The van der Waals surface area contributed by atoms with Crippen molar-refractivity contribution in [1.29, 1.82) is 0 Å². The van der Waals surface area contributed by atoms with Gasteiger partial charge in [-0.05, 0) is 12.8 Å². The third kappa shape index (κ3) is 5.84. The monoisotopic (exact) mass is 308 g/mol. The number of halogens is 3.